The second-order valence-corrected chi connectivity index (χ2v) is 4.94. The van der Waals surface area contributed by atoms with Gasteiger partial charge in [0, 0.05) is 19.0 Å². The Balaban J connectivity index is 2.75. The van der Waals surface area contributed by atoms with Crippen LogP contribution in [-0.2, 0) is 9.59 Å². The molecule has 4 nitrogen and oxygen atoms in total. The summed E-state index contributed by atoms with van der Waals surface area (Å²) in [6, 6.07) is 0.119. The number of rotatable bonds is 5. The van der Waals surface area contributed by atoms with Gasteiger partial charge in [0.05, 0.1) is 6.42 Å². The molecule has 0 saturated carbocycles. The van der Waals surface area contributed by atoms with Crippen LogP contribution >= 0.6 is 0 Å². The number of carbonyl (C=O) groups excluding carboxylic acids is 1. The van der Waals surface area contributed by atoms with Gasteiger partial charge in [-0.3, -0.25) is 9.59 Å². The fourth-order valence-corrected chi connectivity index (χ4v) is 2.56. The van der Waals surface area contributed by atoms with E-state index in [0.717, 1.165) is 6.42 Å². The van der Waals surface area contributed by atoms with Crippen LogP contribution in [0.4, 0.5) is 0 Å². The largest absolute Gasteiger partial charge is 0.481 e. The Bertz CT molecular complexity index is 275. The minimum absolute atomic E-state index is 0.00708. The maximum atomic E-state index is 11.7. The molecule has 1 N–H and O–H groups in total. The number of carboxylic acid groups (broad SMARTS) is 1. The average Bonchev–Trinajstić information content (AvgIpc) is 2.40. The molecule has 1 amide bonds. The van der Waals surface area contributed by atoms with E-state index < -0.39 is 5.97 Å². The highest BCUT2D eigenvalue weighted by Gasteiger charge is 2.39. The Kier molecular flexibility index (Phi) is 4.33. The van der Waals surface area contributed by atoms with Crippen LogP contribution < -0.4 is 0 Å². The lowest BCUT2D eigenvalue weighted by atomic mass is 9.90. The Morgan fingerprint density at radius 3 is 2.62 bits per heavy atom. The van der Waals surface area contributed by atoms with Crippen LogP contribution in [0.5, 0.6) is 0 Å². The van der Waals surface area contributed by atoms with E-state index >= 15 is 0 Å². The number of aliphatic carboxylic acids is 1. The fourth-order valence-electron chi connectivity index (χ4n) is 2.56. The monoisotopic (exact) mass is 227 g/mol. The van der Waals surface area contributed by atoms with Gasteiger partial charge in [-0.05, 0) is 25.2 Å². The molecular formula is C12H21NO3. The molecule has 4 heteroatoms. The van der Waals surface area contributed by atoms with E-state index in [1.807, 2.05) is 11.8 Å². The fraction of sp³-hybridized carbons (Fsp3) is 0.833. The molecule has 0 unspecified atom stereocenters. The van der Waals surface area contributed by atoms with Crippen molar-refractivity contribution in [3.8, 4) is 0 Å². The highest BCUT2D eigenvalue weighted by atomic mass is 16.4. The lowest BCUT2D eigenvalue weighted by Crippen LogP contribution is -2.36. The van der Waals surface area contributed by atoms with Gasteiger partial charge in [0.25, 0.3) is 0 Å². The molecule has 2 atom stereocenters. The molecule has 1 fully saturated rings. The van der Waals surface area contributed by atoms with E-state index in [4.69, 9.17) is 5.11 Å². The van der Waals surface area contributed by atoms with E-state index in [0.29, 0.717) is 18.9 Å². The molecule has 1 heterocycles. The first-order valence-electron chi connectivity index (χ1n) is 5.97. The second kappa shape index (κ2) is 5.32. The van der Waals surface area contributed by atoms with Crippen molar-refractivity contribution in [1.29, 1.82) is 0 Å². The smallest absolute Gasteiger partial charge is 0.303 e. The third kappa shape index (κ3) is 2.97. The van der Waals surface area contributed by atoms with Crippen molar-refractivity contribution in [3.05, 3.63) is 0 Å². The highest BCUT2D eigenvalue weighted by Crippen LogP contribution is 2.32. The van der Waals surface area contributed by atoms with Crippen molar-refractivity contribution in [3.63, 3.8) is 0 Å². The van der Waals surface area contributed by atoms with Gasteiger partial charge in [-0.2, -0.15) is 0 Å². The molecule has 0 radical (unpaired) electrons. The molecule has 0 bridgehead atoms. The zero-order valence-electron chi connectivity index (χ0n) is 10.3. The summed E-state index contributed by atoms with van der Waals surface area (Å²) < 4.78 is 0. The summed E-state index contributed by atoms with van der Waals surface area (Å²) in [7, 11) is 0. The first-order valence-corrected chi connectivity index (χ1v) is 5.97. The number of hydrogen-bond donors (Lipinski definition) is 1. The highest BCUT2D eigenvalue weighted by molar-refractivity contribution is 5.80. The van der Waals surface area contributed by atoms with E-state index in [1.165, 1.54) is 0 Å². The third-order valence-corrected chi connectivity index (χ3v) is 3.19. The lowest BCUT2D eigenvalue weighted by Gasteiger charge is -2.28. The van der Waals surface area contributed by atoms with Crippen molar-refractivity contribution in [2.45, 2.75) is 46.1 Å². The molecule has 1 rings (SSSR count). The third-order valence-electron chi connectivity index (χ3n) is 3.19. The molecule has 16 heavy (non-hydrogen) atoms. The van der Waals surface area contributed by atoms with Crippen molar-refractivity contribution in [1.82, 2.24) is 4.90 Å². The van der Waals surface area contributed by atoms with E-state index in [-0.39, 0.29) is 24.3 Å². The van der Waals surface area contributed by atoms with Gasteiger partial charge in [0.1, 0.15) is 0 Å². The standard InChI is InChI=1S/C12H21NO3/c1-4-13-10(5-8(2)3)9(6-11(13)14)7-12(15)16/h8-10H,4-7H2,1-3H3,(H,15,16)/t9-,10-/m1/s1. The molecular weight excluding hydrogens is 206 g/mol. The van der Waals surface area contributed by atoms with Gasteiger partial charge in [0.15, 0.2) is 0 Å². The maximum absolute atomic E-state index is 11.7. The predicted molar refractivity (Wildman–Crippen MR) is 61.0 cm³/mol. The van der Waals surface area contributed by atoms with Crippen LogP contribution in [0.3, 0.4) is 0 Å². The van der Waals surface area contributed by atoms with Gasteiger partial charge in [-0.15, -0.1) is 0 Å². The molecule has 92 valence electrons. The topological polar surface area (TPSA) is 57.6 Å². The van der Waals surface area contributed by atoms with Crippen LogP contribution in [0.2, 0.25) is 0 Å². The van der Waals surface area contributed by atoms with Crippen LogP contribution in [0, 0.1) is 11.8 Å². The molecule has 1 saturated heterocycles. The Hall–Kier alpha value is -1.06. The summed E-state index contributed by atoms with van der Waals surface area (Å²) in [6.07, 6.45) is 1.41. The van der Waals surface area contributed by atoms with Crippen molar-refractivity contribution in [2.24, 2.45) is 11.8 Å². The zero-order valence-corrected chi connectivity index (χ0v) is 10.3. The first-order chi connectivity index (χ1) is 7.45. The first kappa shape index (κ1) is 13.0. The van der Waals surface area contributed by atoms with E-state index in [9.17, 15) is 9.59 Å². The summed E-state index contributed by atoms with van der Waals surface area (Å²) in [5.74, 6) is -0.211. The quantitative estimate of drug-likeness (QED) is 0.778. The molecule has 0 spiro atoms. The van der Waals surface area contributed by atoms with Crippen molar-refractivity contribution in [2.75, 3.05) is 6.54 Å². The predicted octanol–water partition coefficient (Wildman–Crippen LogP) is 1.74. The van der Waals surface area contributed by atoms with E-state index in [2.05, 4.69) is 13.8 Å². The zero-order chi connectivity index (χ0) is 12.3. The summed E-state index contributed by atoms with van der Waals surface area (Å²) >= 11 is 0. The van der Waals surface area contributed by atoms with Gasteiger partial charge in [0.2, 0.25) is 5.91 Å². The summed E-state index contributed by atoms with van der Waals surface area (Å²) in [4.78, 5) is 24.3. The van der Waals surface area contributed by atoms with Crippen molar-refractivity contribution < 1.29 is 14.7 Å². The Morgan fingerprint density at radius 1 is 1.56 bits per heavy atom. The maximum Gasteiger partial charge on any atom is 0.303 e. The molecule has 0 aromatic carbocycles. The average molecular weight is 227 g/mol. The van der Waals surface area contributed by atoms with Gasteiger partial charge >= 0.3 is 5.97 Å². The number of carbonyl (C=O) groups is 2. The summed E-state index contributed by atoms with van der Waals surface area (Å²) in [5, 5.41) is 8.84. The number of amides is 1. The number of likely N-dealkylation sites (tertiary alicyclic amines) is 1. The number of hydrogen-bond acceptors (Lipinski definition) is 2. The number of carboxylic acids is 1. The van der Waals surface area contributed by atoms with Crippen LogP contribution in [-0.4, -0.2) is 34.5 Å². The SMILES string of the molecule is CCN1C(=O)C[C@H](CC(=O)O)[C@H]1CC(C)C. The van der Waals surface area contributed by atoms with Gasteiger partial charge in [-0.25, -0.2) is 0 Å². The second-order valence-electron chi connectivity index (χ2n) is 4.94. The van der Waals surface area contributed by atoms with E-state index in [1.54, 1.807) is 0 Å². The normalized spacial score (nSPS) is 25.5. The minimum Gasteiger partial charge on any atom is -0.481 e. The van der Waals surface area contributed by atoms with Crippen LogP contribution in [0.1, 0.15) is 40.0 Å². The lowest BCUT2D eigenvalue weighted by molar-refractivity contribution is -0.138. The number of nitrogens with zero attached hydrogens (tertiary/aromatic N) is 1. The summed E-state index contributed by atoms with van der Waals surface area (Å²) in [6.45, 7) is 6.85. The molecule has 1 aliphatic rings. The molecule has 1 aliphatic heterocycles. The van der Waals surface area contributed by atoms with Crippen LogP contribution in [0.25, 0.3) is 0 Å². The molecule has 0 aromatic heterocycles. The van der Waals surface area contributed by atoms with Gasteiger partial charge < -0.3 is 10.0 Å². The Labute approximate surface area is 96.6 Å². The summed E-state index contributed by atoms with van der Waals surface area (Å²) in [5.41, 5.74) is 0. The van der Waals surface area contributed by atoms with Crippen molar-refractivity contribution >= 4 is 11.9 Å². The van der Waals surface area contributed by atoms with Crippen LogP contribution in [0.15, 0.2) is 0 Å². The Morgan fingerprint density at radius 2 is 2.19 bits per heavy atom. The molecule has 0 aliphatic carbocycles. The minimum atomic E-state index is -0.801. The molecule has 0 aromatic rings. The van der Waals surface area contributed by atoms with Gasteiger partial charge in [-0.1, -0.05) is 13.8 Å².